The largest absolute Gasteiger partial charge is 0.491 e. The Morgan fingerprint density at radius 2 is 2.00 bits per heavy atom. The Kier molecular flexibility index (Phi) is 5.29. The third-order valence-corrected chi connectivity index (χ3v) is 1.80. The predicted molar refractivity (Wildman–Crippen MR) is 64.3 cm³/mol. The van der Waals surface area contributed by atoms with Crippen LogP contribution in [0.1, 0.15) is 13.8 Å². The Hall–Kier alpha value is -1.75. The minimum absolute atomic E-state index is 0.0135. The molecule has 0 unspecified atom stereocenters. The van der Waals surface area contributed by atoms with Gasteiger partial charge in [-0.25, -0.2) is 4.79 Å². The van der Waals surface area contributed by atoms with Crippen LogP contribution in [0.3, 0.4) is 0 Å². The van der Waals surface area contributed by atoms with Crippen molar-refractivity contribution in [3.05, 3.63) is 24.3 Å². The number of carbonyl (C=O) groups is 1. The minimum atomic E-state index is -0.587. The van der Waals surface area contributed by atoms with Crippen molar-refractivity contribution in [2.45, 2.75) is 20.0 Å². The van der Waals surface area contributed by atoms with E-state index in [1.807, 2.05) is 13.8 Å². The number of amides is 1. The van der Waals surface area contributed by atoms with E-state index < -0.39 is 6.09 Å². The number of aliphatic hydroxyl groups excluding tert-OH is 1. The number of hydrogen-bond acceptors (Lipinski definition) is 4. The lowest BCUT2D eigenvalue weighted by Gasteiger charge is -2.10. The Morgan fingerprint density at radius 1 is 1.35 bits per heavy atom. The first-order valence-corrected chi connectivity index (χ1v) is 5.43. The monoisotopic (exact) mass is 239 g/mol. The maximum absolute atomic E-state index is 11.2. The second kappa shape index (κ2) is 6.75. The average molecular weight is 239 g/mol. The van der Waals surface area contributed by atoms with Crippen LogP contribution in [0.2, 0.25) is 0 Å². The Balaban J connectivity index is 2.47. The van der Waals surface area contributed by atoms with Gasteiger partial charge >= 0.3 is 6.09 Å². The molecule has 5 heteroatoms. The molecule has 2 N–H and O–H groups in total. The first-order valence-electron chi connectivity index (χ1n) is 5.43. The van der Waals surface area contributed by atoms with E-state index in [2.05, 4.69) is 10.1 Å². The van der Waals surface area contributed by atoms with E-state index in [0.717, 1.165) is 5.75 Å². The summed E-state index contributed by atoms with van der Waals surface area (Å²) in [6.45, 7) is 3.69. The number of nitrogens with one attached hydrogen (secondary N) is 1. The van der Waals surface area contributed by atoms with Gasteiger partial charge in [0.1, 0.15) is 12.4 Å². The van der Waals surface area contributed by atoms with Gasteiger partial charge in [0, 0.05) is 5.69 Å². The molecule has 0 saturated heterocycles. The zero-order chi connectivity index (χ0) is 12.7. The van der Waals surface area contributed by atoms with Gasteiger partial charge in [0.2, 0.25) is 0 Å². The molecule has 17 heavy (non-hydrogen) atoms. The zero-order valence-corrected chi connectivity index (χ0v) is 9.97. The standard InChI is InChI=1S/C12H17NO4/c1-9(2)17-11-5-3-10(4-6-11)13-12(15)16-8-7-14/h3-6,9,14H,7-8H2,1-2H3,(H,13,15). The highest BCUT2D eigenvalue weighted by atomic mass is 16.6. The molecule has 5 nitrogen and oxygen atoms in total. The van der Waals surface area contributed by atoms with Crippen LogP contribution in [-0.4, -0.2) is 30.5 Å². The van der Waals surface area contributed by atoms with Crippen LogP contribution in [0.5, 0.6) is 5.75 Å². The van der Waals surface area contributed by atoms with E-state index in [-0.39, 0.29) is 19.3 Å². The molecule has 0 saturated carbocycles. The first kappa shape index (κ1) is 13.3. The number of hydrogen-bond donors (Lipinski definition) is 2. The fourth-order valence-corrected chi connectivity index (χ4v) is 1.18. The number of aliphatic hydroxyl groups is 1. The van der Waals surface area contributed by atoms with E-state index in [9.17, 15) is 4.79 Å². The summed E-state index contributed by atoms with van der Waals surface area (Å²) in [5.74, 6) is 0.745. The molecule has 0 aliphatic heterocycles. The molecule has 0 radical (unpaired) electrons. The molecule has 0 aromatic heterocycles. The smallest absolute Gasteiger partial charge is 0.411 e. The van der Waals surface area contributed by atoms with Crippen LogP contribution in [0.25, 0.3) is 0 Å². The van der Waals surface area contributed by atoms with Crippen molar-refractivity contribution in [3.8, 4) is 5.75 Å². The summed E-state index contributed by atoms with van der Waals surface area (Å²) < 4.78 is 10.1. The highest BCUT2D eigenvalue weighted by molar-refractivity contribution is 5.84. The topological polar surface area (TPSA) is 67.8 Å². The Bertz CT molecular complexity index is 348. The summed E-state index contributed by atoms with van der Waals surface area (Å²) in [6, 6.07) is 6.97. The molecule has 1 aromatic rings. The van der Waals surface area contributed by atoms with Crippen molar-refractivity contribution in [1.29, 1.82) is 0 Å². The van der Waals surface area contributed by atoms with Gasteiger partial charge in [0.25, 0.3) is 0 Å². The van der Waals surface area contributed by atoms with E-state index in [1.165, 1.54) is 0 Å². The van der Waals surface area contributed by atoms with Crippen LogP contribution in [0.4, 0.5) is 10.5 Å². The summed E-state index contributed by atoms with van der Waals surface area (Å²) in [4.78, 5) is 11.2. The lowest BCUT2D eigenvalue weighted by molar-refractivity contribution is 0.131. The second-order valence-electron chi connectivity index (χ2n) is 3.68. The lowest BCUT2D eigenvalue weighted by atomic mass is 10.3. The third kappa shape index (κ3) is 5.21. The number of benzene rings is 1. The van der Waals surface area contributed by atoms with E-state index in [0.29, 0.717) is 5.69 Å². The summed E-state index contributed by atoms with van der Waals surface area (Å²) in [5.41, 5.74) is 0.615. The Morgan fingerprint density at radius 3 is 2.53 bits per heavy atom. The van der Waals surface area contributed by atoms with E-state index >= 15 is 0 Å². The van der Waals surface area contributed by atoms with Gasteiger partial charge < -0.3 is 14.6 Å². The predicted octanol–water partition coefficient (Wildman–Crippen LogP) is 2.01. The third-order valence-electron chi connectivity index (χ3n) is 1.80. The highest BCUT2D eigenvalue weighted by Crippen LogP contribution is 2.16. The molecule has 0 spiro atoms. The molecule has 0 aliphatic rings. The molecule has 94 valence electrons. The lowest BCUT2D eigenvalue weighted by Crippen LogP contribution is -2.15. The number of carbonyl (C=O) groups excluding carboxylic acids is 1. The van der Waals surface area contributed by atoms with Gasteiger partial charge in [0.15, 0.2) is 0 Å². The van der Waals surface area contributed by atoms with Crippen molar-refractivity contribution in [3.63, 3.8) is 0 Å². The maximum Gasteiger partial charge on any atom is 0.411 e. The van der Waals surface area contributed by atoms with Gasteiger partial charge in [-0.3, -0.25) is 5.32 Å². The maximum atomic E-state index is 11.2. The molecule has 0 heterocycles. The molecule has 1 rings (SSSR count). The van der Waals surface area contributed by atoms with Gasteiger partial charge in [-0.2, -0.15) is 0 Å². The van der Waals surface area contributed by atoms with Crippen LogP contribution in [-0.2, 0) is 4.74 Å². The van der Waals surface area contributed by atoms with Gasteiger partial charge in [-0.1, -0.05) is 0 Å². The molecule has 0 bridgehead atoms. The first-order chi connectivity index (χ1) is 8.11. The zero-order valence-electron chi connectivity index (χ0n) is 9.97. The minimum Gasteiger partial charge on any atom is -0.491 e. The van der Waals surface area contributed by atoms with Gasteiger partial charge in [-0.05, 0) is 38.1 Å². The van der Waals surface area contributed by atoms with Gasteiger partial charge in [-0.15, -0.1) is 0 Å². The molecule has 0 fully saturated rings. The van der Waals surface area contributed by atoms with Crippen LogP contribution < -0.4 is 10.1 Å². The van der Waals surface area contributed by atoms with Crippen molar-refractivity contribution in [2.24, 2.45) is 0 Å². The average Bonchev–Trinajstić information content (AvgIpc) is 2.28. The summed E-state index contributed by atoms with van der Waals surface area (Å²) in [6.07, 6.45) is -0.472. The number of anilines is 1. The molecule has 0 aliphatic carbocycles. The molecule has 1 amide bonds. The SMILES string of the molecule is CC(C)Oc1ccc(NC(=O)OCCO)cc1. The summed E-state index contributed by atoms with van der Waals surface area (Å²) in [5, 5.41) is 11.0. The number of ether oxygens (including phenoxy) is 2. The van der Waals surface area contributed by atoms with Crippen molar-refractivity contribution in [1.82, 2.24) is 0 Å². The molecular formula is C12H17NO4. The number of rotatable bonds is 5. The fraction of sp³-hybridized carbons (Fsp3) is 0.417. The fourth-order valence-electron chi connectivity index (χ4n) is 1.18. The molecule has 1 aromatic carbocycles. The summed E-state index contributed by atoms with van der Waals surface area (Å²) in [7, 11) is 0. The van der Waals surface area contributed by atoms with Crippen molar-refractivity contribution in [2.75, 3.05) is 18.5 Å². The van der Waals surface area contributed by atoms with E-state index in [1.54, 1.807) is 24.3 Å². The van der Waals surface area contributed by atoms with Crippen molar-refractivity contribution < 1.29 is 19.4 Å². The Labute approximate surface area is 100 Å². The normalized spacial score (nSPS) is 10.1. The molecular weight excluding hydrogens is 222 g/mol. The van der Waals surface area contributed by atoms with Gasteiger partial charge in [0.05, 0.1) is 12.7 Å². The highest BCUT2D eigenvalue weighted by Gasteiger charge is 2.03. The van der Waals surface area contributed by atoms with Crippen LogP contribution in [0, 0.1) is 0 Å². The van der Waals surface area contributed by atoms with Crippen LogP contribution in [0.15, 0.2) is 24.3 Å². The molecule has 0 atom stereocenters. The van der Waals surface area contributed by atoms with Crippen molar-refractivity contribution >= 4 is 11.8 Å². The van der Waals surface area contributed by atoms with Crippen LogP contribution >= 0.6 is 0 Å². The quantitative estimate of drug-likeness (QED) is 0.824. The summed E-state index contributed by atoms with van der Waals surface area (Å²) >= 11 is 0. The second-order valence-corrected chi connectivity index (χ2v) is 3.68. The van der Waals surface area contributed by atoms with E-state index in [4.69, 9.17) is 9.84 Å².